The Balaban J connectivity index is 3.04. The summed E-state index contributed by atoms with van der Waals surface area (Å²) in [7, 11) is 1.32. The largest absolute Gasteiger partial charge is 0.508 e. The first-order valence-electron chi connectivity index (χ1n) is 5.36. The third kappa shape index (κ3) is 2.70. The van der Waals surface area contributed by atoms with Gasteiger partial charge in [0.05, 0.1) is 7.11 Å². The van der Waals surface area contributed by atoms with Crippen molar-refractivity contribution in [2.24, 2.45) is 0 Å². The highest BCUT2D eigenvalue weighted by molar-refractivity contribution is 5.79. The number of rotatable bonds is 3. The summed E-state index contributed by atoms with van der Waals surface area (Å²) in [6, 6.07) is 3.19. The van der Waals surface area contributed by atoms with Gasteiger partial charge in [-0.05, 0) is 51.0 Å². The molecule has 17 heavy (non-hydrogen) atoms. The molecule has 0 aliphatic carbocycles. The number of phenols is 1. The summed E-state index contributed by atoms with van der Waals surface area (Å²) >= 11 is 0. The quantitative estimate of drug-likeness (QED) is 0.821. The van der Waals surface area contributed by atoms with Gasteiger partial charge in [-0.2, -0.15) is 0 Å². The van der Waals surface area contributed by atoms with Gasteiger partial charge in [-0.15, -0.1) is 0 Å². The maximum absolute atomic E-state index is 11.5. The lowest BCUT2D eigenvalue weighted by Gasteiger charge is -2.25. The predicted octanol–water partition coefficient (Wildman–Crippen LogP) is 2.34. The van der Waals surface area contributed by atoms with Crippen molar-refractivity contribution in [3.05, 3.63) is 23.3 Å². The zero-order chi connectivity index (χ0) is 13.2. The molecule has 0 amide bonds. The molecule has 0 aliphatic rings. The second-order valence-electron chi connectivity index (χ2n) is 4.44. The molecule has 0 radical (unpaired) electrons. The minimum atomic E-state index is -1.05. The van der Waals surface area contributed by atoms with Crippen LogP contribution in [-0.4, -0.2) is 23.8 Å². The fourth-order valence-corrected chi connectivity index (χ4v) is 1.45. The number of hydrogen-bond acceptors (Lipinski definition) is 4. The monoisotopic (exact) mass is 238 g/mol. The van der Waals surface area contributed by atoms with Crippen molar-refractivity contribution >= 4 is 5.97 Å². The van der Waals surface area contributed by atoms with Crippen LogP contribution in [0.1, 0.15) is 25.0 Å². The maximum Gasteiger partial charge on any atom is 0.349 e. The van der Waals surface area contributed by atoms with Crippen LogP contribution in [0.15, 0.2) is 12.1 Å². The van der Waals surface area contributed by atoms with E-state index in [1.807, 2.05) is 6.92 Å². The predicted molar refractivity (Wildman–Crippen MR) is 64.3 cm³/mol. The van der Waals surface area contributed by atoms with E-state index in [2.05, 4.69) is 4.74 Å². The van der Waals surface area contributed by atoms with Gasteiger partial charge in [-0.1, -0.05) is 0 Å². The molecule has 0 aromatic heterocycles. The first-order valence-corrected chi connectivity index (χ1v) is 5.36. The molecule has 0 saturated carbocycles. The van der Waals surface area contributed by atoms with Crippen LogP contribution >= 0.6 is 0 Å². The van der Waals surface area contributed by atoms with Gasteiger partial charge in [0.25, 0.3) is 0 Å². The molecule has 0 unspecified atom stereocenters. The van der Waals surface area contributed by atoms with E-state index in [1.54, 1.807) is 32.9 Å². The molecule has 0 fully saturated rings. The highest BCUT2D eigenvalue weighted by Crippen LogP contribution is 2.30. The van der Waals surface area contributed by atoms with Crippen LogP contribution in [-0.2, 0) is 9.53 Å². The summed E-state index contributed by atoms with van der Waals surface area (Å²) in [5, 5.41) is 9.53. The zero-order valence-corrected chi connectivity index (χ0v) is 10.8. The minimum absolute atomic E-state index is 0.214. The summed E-state index contributed by atoms with van der Waals surface area (Å²) < 4.78 is 10.3. The molecule has 1 N–H and O–H groups in total. The Morgan fingerprint density at radius 3 is 2.35 bits per heavy atom. The number of benzene rings is 1. The minimum Gasteiger partial charge on any atom is -0.508 e. The molecule has 1 aromatic rings. The summed E-state index contributed by atoms with van der Waals surface area (Å²) in [5.41, 5.74) is 0.494. The van der Waals surface area contributed by atoms with Crippen molar-refractivity contribution in [3.63, 3.8) is 0 Å². The van der Waals surface area contributed by atoms with Gasteiger partial charge >= 0.3 is 5.97 Å². The Morgan fingerprint density at radius 2 is 1.82 bits per heavy atom. The van der Waals surface area contributed by atoms with Crippen molar-refractivity contribution in [2.45, 2.75) is 33.3 Å². The maximum atomic E-state index is 11.5. The third-order valence-electron chi connectivity index (χ3n) is 2.75. The molecule has 0 saturated heterocycles. The lowest BCUT2D eigenvalue weighted by Crippen LogP contribution is -2.39. The zero-order valence-electron chi connectivity index (χ0n) is 10.8. The van der Waals surface area contributed by atoms with E-state index in [0.29, 0.717) is 5.75 Å². The summed E-state index contributed by atoms with van der Waals surface area (Å²) in [6.07, 6.45) is 0. The summed E-state index contributed by atoms with van der Waals surface area (Å²) in [4.78, 5) is 11.5. The van der Waals surface area contributed by atoms with Gasteiger partial charge < -0.3 is 14.6 Å². The number of carbonyl (C=O) groups is 1. The van der Waals surface area contributed by atoms with Crippen LogP contribution in [0.3, 0.4) is 0 Å². The number of hydrogen-bond donors (Lipinski definition) is 1. The van der Waals surface area contributed by atoms with E-state index in [4.69, 9.17) is 4.74 Å². The molecule has 0 aliphatic heterocycles. The topological polar surface area (TPSA) is 55.8 Å². The summed E-state index contributed by atoms with van der Waals surface area (Å²) in [6.45, 7) is 6.90. The van der Waals surface area contributed by atoms with E-state index in [9.17, 15) is 9.90 Å². The van der Waals surface area contributed by atoms with Crippen molar-refractivity contribution in [1.29, 1.82) is 0 Å². The molecule has 1 aromatic carbocycles. The Labute approximate surface area is 101 Å². The lowest BCUT2D eigenvalue weighted by molar-refractivity contribution is -0.156. The van der Waals surface area contributed by atoms with Crippen LogP contribution in [0, 0.1) is 13.8 Å². The van der Waals surface area contributed by atoms with E-state index >= 15 is 0 Å². The molecule has 0 spiro atoms. The van der Waals surface area contributed by atoms with Gasteiger partial charge in [-0.3, -0.25) is 0 Å². The van der Waals surface area contributed by atoms with Crippen LogP contribution in [0.5, 0.6) is 11.5 Å². The Bertz CT molecular complexity index is 435. The average Bonchev–Trinajstić information content (AvgIpc) is 2.28. The Kier molecular flexibility index (Phi) is 3.66. The van der Waals surface area contributed by atoms with Gasteiger partial charge in [0.15, 0.2) is 5.60 Å². The number of ether oxygens (including phenoxy) is 2. The highest BCUT2D eigenvalue weighted by Gasteiger charge is 2.31. The average molecular weight is 238 g/mol. The SMILES string of the molecule is COC(=O)C(C)(C)Oc1ccc(O)c(C)c1C. The molecule has 4 heteroatoms. The van der Waals surface area contributed by atoms with Crippen LogP contribution in [0.2, 0.25) is 0 Å². The van der Waals surface area contributed by atoms with Crippen molar-refractivity contribution < 1.29 is 19.4 Å². The molecular weight excluding hydrogens is 220 g/mol. The number of aromatic hydroxyl groups is 1. The van der Waals surface area contributed by atoms with Crippen molar-refractivity contribution in [1.82, 2.24) is 0 Å². The molecule has 0 atom stereocenters. The molecular formula is C13H18O4. The molecule has 1 rings (SSSR count). The number of phenolic OH excluding ortho intramolecular Hbond substituents is 1. The van der Waals surface area contributed by atoms with E-state index in [0.717, 1.165) is 11.1 Å². The molecule has 94 valence electrons. The second kappa shape index (κ2) is 4.65. The normalized spacial score (nSPS) is 11.1. The molecule has 0 heterocycles. The van der Waals surface area contributed by atoms with E-state index < -0.39 is 11.6 Å². The van der Waals surface area contributed by atoms with Gasteiger partial charge in [0, 0.05) is 0 Å². The molecule has 0 bridgehead atoms. The summed E-state index contributed by atoms with van der Waals surface area (Å²) in [5.74, 6) is 0.337. The van der Waals surface area contributed by atoms with E-state index in [1.165, 1.54) is 7.11 Å². The van der Waals surface area contributed by atoms with Gasteiger partial charge in [0.1, 0.15) is 11.5 Å². The smallest absolute Gasteiger partial charge is 0.349 e. The fraction of sp³-hybridized carbons (Fsp3) is 0.462. The van der Waals surface area contributed by atoms with Gasteiger partial charge in [-0.25, -0.2) is 4.79 Å². The van der Waals surface area contributed by atoms with Crippen LogP contribution < -0.4 is 4.74 Å². The first-order chi connectivity index (χ1) is 7.79. The van der Waals surface area contributed by atoms with Crippen LogP contribution in [0.25, 0.3) is 0 Å². The second-order valence-corrected chi connectivity index (χ2v) is 4.44. The molecule has 4 nitrogen and oxygen atoms in total. The number of methoxy groups -OCH3 is 1. The van der Waals surface area contributed by atoms with E-state index in [-0.39, 0.29) is 5.75 Å². The Morgan fingerprint density at radius 1 is 1.24 bits per heavy atom. The standard InChI is InChI=1S/C13H18O4/c1-8-9(2)11(7-6-10(8)14)17-13(3,4)12(15)16-5/h6-7,14H,1-5H3. The van der Waals surface area contributed by atoms with Crippen molar-refractivity contribution in [2.75, 3.05) is 7.11 Å². The van der Waals surface area contributed by atoms with Crippen molar-refractivity contribution in [3.8, 4) is 11.5 Å². The highest BCUT2D eigenvalue weighted by atomic mass is 16.6. The van der Waals surface area contributed by atoms with Gasteiger partial charge in [0.2, 0.25) is 0 Å². The number of carbonyl (C=O) groups excluding carboxylic acids is 1. The number of esters is 1. The Hall–Kier alpha value is -1.71. The first kappa shape index (κ1) is 13.4. The third-order valence-corrected chi connectivity index (χ3v) is 2.75. The lowest BCUT2D eigenvalue weighted by atomic mass is 10.1. The van der Waals surface area contributed by atoms with Crippen LogP contribution in [0.4, 0.5) is 0 Å². The fourth-order valence-electron chi connectivity index (χ4n) is 1.45.